The van der Waals surface area contributed by atoms with Crippen molar-refractivity contribution in [3.63, 3.8) is 0 Å². The standard InChI is InChI=1S/C4H9FO3S/c1-3(5)4(2)9(6,7)8/h3-4H,1-2H3,(H,6,7,8). The van der Waals surface area contributed by atoms with Crippen molar-refractivity contribution < 1.29 is 17.4 Å². The summed E-state index contributed by atoms with van der Waals surface area (Å²) >= 11 is 0. The van der Waals surface area contributed by atoms with E-state index in [0.717, 1.165) is 13.8 Å². The van der Waals surface area contributed by atoms with E-state index in [2.05, 4.69) is 0 Å². The molecule has 0 heterocycles. The fourth-order valence-corrected chi connectivity index (χ4v) is 0.711. The largest absolute Gasteiger partial charge is 0.285 e. The van der Waals surface area contributed by atoms with E-state index in [1.54, 1.807) is 0 Å². The predicted octanol–water partition coefficient (Wildman–Crippen LogP) is 0.621. The van der Waals surface area contributed by atoms with Crippen LogP contribution in [-0.2, 0) is 10.1 Å². The Morgan fingerprint density at radius 2 is 1.78 bits per heavy atom. The average Bonchev–Trinajstić information content (AvgIpc) is 1.62. The topological polar surface area (TPSA) is 54.4 Å². The fraction of sp³-hybridized carbons (Fsp3) is 1.00. The summed E-state index contributed by atoms with van der Waals surface area (Å²) in [5.41, 5.74) is 0. The van der Waals surface area contributed by atoms with Gasteiger partial charge < -0.3 is 0 Å². The molecule has 1 N–H and O–H groups in total. The molecule has 0 spiro atoms. The van der Waals surface area contributed by atoms with E-state index in [4.69, 9.17) is 4.55 Å². The molecule has 56 valence electrons. The number of hydrogen-bond donors (Lipinski definition) is 1. The van der Waals surface area contributed by atoms with Crippen LogP contribution in [0.25, 0.3) is 0 Å². The molecule has 0 aliphatic rings. The lowest BCUT2D eigenvalue weighted by atomic mass is 10.3. The average molecular weight is 156 g/mol. The Morgan fingerprint density at radius 1 is 1.44 bits per heavy atom. The van der Waals surface area contributed by atoms with Gasteiger partial charge in [0.1, 0.15) is 11.4 Å². The summed E-state index contributed by atoms with van der Waals surface area (Å²) in [6.07, 6.45) is -1.53. The van der Waals surface area contributed by atoms with Crippen molar-refractivity contribution in [1.82, 2.24) is 0 Å². The Hall–Kier alpha value is -0.160. The van der Waals surface area contributed by atoms with Crippen LogP contribution in [0.4, 0.5) is 4.39 Å². The zero-order chi connectivity index (χ0) is 7.65. The van der Waals surface area contributed by atoms with E-state index < -0.39 is 21.5 Å². The van der Waals surface area contributed by atoms with Gasteiger partial charge in [0.2, 0.25) is 0 Å². The number of halogens is 1. The molecule has 0 aromatic carbocycles. The SMILES string of the molecule is CC(F)C(C)S(=O)(=O)O. The van der Waals surface area contributed by atoms with Crippen LogP contribution in [-0.4, -0.2) is 24.4 Å². The molecule has 0 fully saturated rings. The maximum absolute atomic E-state index is 12.1. The molecular formula is C4H9FO3S. The van der Waals surface area contributed by atoms with Crippen LogP contribution in [0.3, 0.4) is 0 Å². The van der Waals surface area contributed by atoms with Crippen LogP contribution < -0.4 is 0 Å². The van der Waals surface area contributed by atoms with Crippen LogP contribution in [0.2, 0.25) is 0 Å². The van der Waals surface area contributed by atoms with Gasteiger partial charge >= 0.3 is 0 Å². The Morgan fingerprint density at radius 3 is 1.78 bits per heavy atom. The lowest BCUT2D eigenvalue weighted by molar-refractivity contribution is 0.337. The first-order valence-electron chi connectivity index (χ1n) is 2.46. The van der Waals surface area contributed by atoms with E-state index in [1.165, 1.54) is 0 Å². The van der Waals surface area contributed by atoms with Crippen LogP contribution in [0, 0.1) is 0 Å². The smallest absolute Gasteiger partial charge is 0.270 e. The van der Waals surface area contributed by atoms with E-state index in [1.807, 2.05) is 0 Å². The molecule has 5 heteroatoms. The van der Waals surface area contributed by atoms with Gasteiger partial charge in [-0.25, -0.2) is 4.39 Å². The number of hydrogen-bond acceptors (Lipinski definition) is 2. The maximum atomic E-state index is 12.1. The molecule has 3 nitrogen and oxygen atoms in total. The molecule has 0 aromatic rings. The summed E-state index contributed by atoms with van der Waals surface area (Å²) in [4.78, 5) is 0. The van der Waals surface area contributed by atoms with Crippen molar-refractivity contribution in [3.05, 3.63) is 0 Å². The molecule has 0 aliphatic carbocycles. The second kappa shape index (κ2) is 2.62. The second-order valence-corrected chi connectivity index (χ2v) is 3.67. The van der Waals surface area contributed by atoms with Crippen molar-refractivity contribution >= 4 is 10.1 Å². The molecular weight excluding hydrogens is 147 g/mol. The minimum Gasteiger partial charge on any atom is -0.285 e. The Kier molecular flexibility index (Phi) is 2.57. The summed E-state index contributed by atoms with van der Waals surface area (Å²) in [7, 11) is -4.18. The van der Waals surface area contributed by atoms with Crippen LogP contribution >= 0.6 is 0 Å². The van der Waals surface area contributed by atoms with Gasteiger partial charge in [-0.3, -0.25) is 4.55 Å². The van der Waals surface area contributed by atoms with Crippen molar-refractivity contribution in [3.8, 4) is 0 Å². The van der Waals surface area contributed by atoms with E-state index in [0.29, 0.717) is 0 Å². The summed E-state index contributed by atoms with van der Waals surface area (Å²) in [5, 5.41) is -1.32. The van der Waals surface area contributed by atoms with Crippen LogP contribution in [0.5, 0.6) is 0 Å². The highest BCUT2D eigenvalue weighted by Gasteiger charge is 2.23. The van der Waals surface area contributed by atoms with Crippen LogP contribution in [0.1, 0.15) is 13.8 Å². The minimum absolute atomic E-state index is 1.08. The fourth-order valence-electron chi connectivity index (χ4n) is 0.237. The molecule has 0 rings (SSSR count). The summed E-state index contributed by atoms with van der Waals surface area (Å²) in [5.74, 6) is 0. The first-order valence-corrected chi connectivity index (χ1v) is 3.96. The van der Waals surface area contributed by atoms with Crippen LogP contribution in [0.15, 0.2) is 0 Å². The van der Waals surface area contributed by atoms with Gasteiger partial charge in [0, 0.05) is 0 Å². The van der Waals surface area contributed by atoms with Gasteiger partial charge in [0.05, 0.1) is 0 Å². The zero-order valence-electron chi connectivity index (χ0n) is 5.20. The quantitative estimate of drug-likeness (QED) is 0.596. The Labute approximate surface area is 53.6 Å². The first-order chi connectivity index (χ1) is 3.85. The normalized spacial score (nSPS) is 19.1. The monoisotopic (exact) mass is 156 g/mol. The Bertz CT molecular complexity index is 172. The molecule has 0 bridgehead atoms. The van der Waals surface area contributed by atoms with E-state index in [9.17, 15) is 12.8 Å². The number of alkyl halides is 1. The van der Waals surface area contributed by atoms with Crippen molar-refractivity contribution in [2.75, 3.05) is 0 Å². The molecule has 0 amide bonds. The first kappa shape index (κ1) is 8.84. The minimum atomic E-state index is -4.18. The molecule has 0 aromatic heterocycles. The third kappa shape index (κ3) is 2.76. The molecule has 0 aliphatic heterocycles. The van der Waals surface area contributed by atoms with Gasteiger partial charge in [-0.2, -0.15) is 8.42 Å². The molecule has 2 unspecified atom stereocenters. The summed E-state index contributed by atoms with van der Waals surface area (Å²) < 4.78 is 40.4. The third-order valence-corrected chi connectivity index (χ3v) is 2.43. The highest BCUT2D eigenvalue weighted by atomic mass is 32.2. The van der Waals surface area contributed by atoms with E-state index in [-0.39, 0.29) is 0 Å². The second-order valence-electron chi connectivity index (χ2n) is 1.90. The van der Waals surface area contributed by atoms with E-state index >= 15 is 0 Å². The maximum Gasteiger partial charge on any atom is 0.270 e. The molecule has 2 atom stereocenters. The lowest BCUT2D eigenvalue weighted by Crippen LogP contribution is -2.25. The molecule has 0 saturated heterocycles. The van der Waals surface area contributed by atoms with Gasteiger partial charge in [0.25, 0.3) is 10.1 Å². The highest BCUT2D eigenvalue weighted by molar-refractivity contribution is 7.86. The van der Waals surface area contributed by atoms with Gasteiger partial charge in [-0.15, -0.1) is 0 Å². The van der Waals surface area contributed by atoms with Crippen molar-refractivity contribution in [1.29, 1.82) is 0 Å². The third-order valence-electron chi connectivity index (χ3n) is 1.12. The van der Waals surface area contributed by atoms with Gasteiger partial charge in [-0.1, -0.05) is 0 Å². The van der Waals surface area contributed by atoms with Gasteiger partial charge in [0.15, 0.2) is 0 Å². The molecule has 0 saturated carbocycles. The van der Waals surface area contributed by atoms with Gasteiger partial charge in [-0.05, 0) is 13.8 Å². The summed E-state index contributed by atoms with van der Waals surface area (Å²) in [6.45, 7) is 2.19. The lowest BCUT2D eigenvalue weighted by Gasteiger charge is -2.06. The highest BCUT2D eigenvalue weighted by Crippen LogP contribution is 2.05. The Balaban J connectivity index is 4.24. The summed E-state index contributed by atoms with van der Waals surface area (Å²) in [6, 6.07) is 0. The molecule has 0 radical (unpaired) electrons. The zero-order valence-corrected chi connectivity index (χ0v) is 6.02. The molecule has 9 heavy (non-hydrogen) atoms. The van der Waals surface area contributed by atoms with Crippen molar-refractivity contribution in [2.24, 2.45) is 0 Å². The van der Waals surface area contributed by atoms with Crippen molar-refractivity contribution in [2.45, 2.75) is 25.3 Å². The number of rotatable bonds is 2. The predicted molar refractivity (Wildman–Crippen MR) is 31.6 cm³/mol.